The lowest BCUT2D eigenvalue weighted by Crippen LogP contribution is -2.29. The van der Waals surface area contributed by atoms with Gasteiger partial charge in [0.05, 0.1) is 0 Å². The molecule has 1 aromatic rings. The SMILES string of the molecule is CCC(OC(N)=O)C(OC)c1ccc(F)cc1. The molecule has 0 heterocycles. The third-order valence-electron chi connectivity index (χ3n) is 2.46. The molecule has 4 nitrogen and oxygen atoms in total. The molecule has 2 unspecified atom stereocenters. The molecule has 1 rings (SSSR count). The molecule has 0 aromatic heterocycles. The maximum atomic E-state index is 12.8. The Labute approximate surface area is 99.5 Å². The highest BCUT2D eigenvalue weighted by Crippen LogP contribution is 2.25. The van der Waals surface area contributed by atoms with Gasteiger partial charge in [0, 0.05) is 7.11 Å². The van der Waals surface area contributed by atoms with Gasteiger partial charge < -0.3 is 15.2 Å². The normalized spacial score (nSPS) is 14.1. The first kappa shape index (κ1) is 13.4. The summed E-state index contributed by atoms with van der Waals surface area (Å²) in [7, 11) is 1.50. The minimum absolute atomic E-state index is 0.326. The monoisotopic (exact) mass is 241 g/mol. The van der Waals surface area contributed by atoms with Crippen molar-refractivity contribution < 1.29 is 18.7 Å². The molecular weight excluding hydrogens is 225 g/mol. The van der Waals surface area contributed by atoms with Crippen molar-refractivity contribution in [2.45, 2.75) is 25.6 Å². The number of carbonyl (C=O) groups is 1. The van der Waals surface area contributed by atoms with E-state index >= 15 is 0 Å². The Hall–Kier alpha value is -1.62. The molecule has 0 aliphatic heterocycles. The summed E-state index contributed by atoms with van der Waals surface area (Å²) in [5.74, 6) is -0.326. The fourth-order valence-electron chi connectivity index (χ4n) is 1.66. The van der Waals surface area contributed by atoms with Gasteiger partial charge in [-0.05, 0) is 24.1 Å². The molecule has 94 valence electrons. The van der Waals surface area contributed by atoms with Gasteiger partial charge in [-0.3, -0.25) is 0 Å². The third kappa shape index (κ3) is 3.71. The van der Waals surface area contributed by atoms with Crippen LogP contribution in [0.5, 0.6) is 0 Å². The number of nitrogens with two attached hydrogens (primary N) is 1. The summed E-state index contributed by atoms with van der Waals surface area (Å²) in [6.45, 7) is 1.85. The van der Waals surface area contributed by atoms with Crippen LogP contribution in [0.15, 0.2) is 24.3 Å². The molecule has 0 radical (unpaired) electrons. The lowest BCUT2D eigenvalue weighted by atomic mass is 10.0. The maximum Gasteiger partial charge on any atom is 0.404 e. The number of hydrogen-bond acceptors (Lipinski definition) is 3. The Morgan fingerprint density at radius 3 is 2.41 bits per heavy atom. The predicted molar refractivity (Wildman–Crippen MR) is 60.9 cm³/mol. The summed E-state index contributed by atoms with van der Waals surface area (Å²) < 4.78 is 23.0. The van der Waals surface area contributed by atoms with Crippen LogP contribution in [0.3, 0.4) is 0 Å². The first-order valence-corrected chi connectivity index (χ1v) is 5.32. The molecule has 1 aromatic carbocycles. The molecule has 0 aliphatic carbocycles. The van der Waals surface area contributed by atoms with Crippen LogP contribution in [0.4, 0.5) is 9.18 Å². The molecule has 2 N–H and O–H groups in total. The zero-order valence-corrected chi connectivity index (χ0v) is 9.85. The van der Waals surface area contributed by atoms with E-state index in [1.807, 2.05) is 6.92 Å². The van der Waals surface area contributed by atoms with Crippen LogP contribution in [-0.2, 0) is 9.47 Å². The highest BCUT2D eigenvalue weighted by Gasteiger charge is 2.24. The van der Waals surface area contributed by atoms with E-state index in [1.165, 1.54) is 19.2 Å². The molecule has 0 bridgehead atoms. The van der Waals surface area contributed by atoms with Crippen molar-refractivity contribution in [2.75, 3.05) is 7.11 Å². The summed E-state index contributed by atoms with van der Waals surface area (Å²) in [5, 5.41) is 0. The number of halogens is 1. The molecule has 0 saturated carbocycles. The second-order valence-corrected chi connectivity index (χ2v) is 3.59. The minimum atomic E-state index is -0.846. The number of primary amides is 1. The van der Waals surface area contributed by atoms with Gasteiger partial charge in [-0.2, -0.15) is 0 Å². The number of ether oxygens (including phenoxy) is 2. The van der Waals surface area contributed by atoms with E-state index < -0.39 is 18.3 Å². The van der Waals surface area contributed by atoms with Crippen LogP contribution in [-0.4, -0.2) is 19.3 Å². The molecule has 0 spiro atoms. The highest BCUT2D eigenvalue weighted by molar-refractivity contribution is 5.64. The summed E-state index contributed by atoms with van der Waals surface area (Å²) in [4.78, 5) is 10.8. The van der Waals surface area contributed by atoms with Gasteiger partial charge >= 0.3 is 6.09 Å². The predicted octanol–water partition coefficient (Wildman–Crippen LogP) is 2.39. The van der Waals surface area contributed by atoms with Crippen molar-refractivity contribution >= 4 is 6.09 Å². The second kappa shape index (κ2) is 6.20. The van der Waals surface area contributed by atoms with Crippen molar-refractivity contribution in [3.05, 3.63) is 35.6 Å². The average Bonchev–Trinajstić information content (AvgIpc) is 2.30. The Bertz CT molecular complexity index is 367. The number of amides is 1. The quantitative estimate of drug-likeness (QED) is 0.860. The lowest BCUT2D eigenvalue weighted by molar-refractivity contribution is -0.0227. The Morgan fingerprint density at radius 2 is 2.00 bits per heavy atom. The van der Waals surface area contributed by atoms with Gasteiger partial charge in [-0.25, -0.2) is 9.18 Å². The number of benzene rings is 1. The van der Waals surface area contributed by atoms with E-state index in [2.05, 4.69) is 0 Å². The zero-order valence-electron chi connectivity index (χ0n) is 9.85. The van der Waals surface area contributed by atoms with E-state index in [1.54, 1.807) is 12.1 Å². The van der Waals surface area contributed by atoms with Gasteiger partial charge in [0.25, 0.3) is 0 Å². The first-order chi connectivity index (χ1) is 8.08. The van der Waals surface area contributed by atoms with E-state index in [-0.39, 0.29) is 5.82 Å². The molecular formula is C12H16FNO3. The van der Waals surface area contributed by atoms with Crippen molar-refractivity contribution in [2.24, 2.45) is 5.73 Å². The number of methoxy groups -OCH3 is 1. The average molecular weight is 241 g/mol. The van der Waals surface area contributed by atoms with Crippen molar-refractivity contribution in [1.29, 1.82) is 0 Å². The Kier molecular flexibility index (Phi) is 4.90. The topological polar surface area (TPSA) is 61.5 Å². The first-order valence-electron chi connectivity index (χ1n) is 5.32. The van der Waals surface area contributed by atoms with E-state index in [9.17, 15) is 9.18 Å². The van der Waals surface area contributed by atoms with Crippen LogP contribution in [0.25, 0.3) is 0 Å². The fourth-order valence-corrected chi connectivity index (χ4v) is 1.66. The van der Waals surface area contributed by atoms with Crippen LogP contribution in [0.1, 0.15) is 25.0 Å². The third-order valence-corrected chi connectivity index (χ3v) is 2.46. The molecule has 5 heteroatoms. The van der Waals surface area contributed by atoms with Gasteiger partial charge in [0.1, 0.15) is 18.0 Å². The summed E-state index contributed by atoms with van der Waals surface area (Å²) in [6.07, 6.45) is -1.23. The molecule has 0 saturated heterocycles. The van der Waals surface area contributed by atoms with Gasteiger partial charge in [-0.1, -0.05) is 19.1 Å². The van der Waals surface area contributed by atoms with Crippen LogP contribution in [0, 0.1) is 5.82 Å². The van der Waals surface area contributed by atoms with Crippen LogP contribution >= 0.6 is 0 Å². The lowest BCUT2D eigenvalue weighted by Gasteiger charge is -2.24. The van der Waals surface area contributed by atoms with E-state index in [4.69, 9.17) is 15.2 Å². The Morgan fingerprint density at radius 1 is 1.41 bits per heavy atom. The standard InChI is InChI=1S/C12H16FNO3/c1-3-10(17-12(14)15)11(16-2)8-4-6-9(13)7-5-8/h4-7,10-11H,3H2,1-2H3,(H2,14,15). The van der Waals surface area contributed by atoms with Gasteiger partial charge in [0.15, 0.2) is 0 Å². The molecule has 2 atom stereocenters. The highest BCUT2D eigenvalue weighted by atomic mass is 19.1. The zero-order chi connectivity index (χ0) is 12.8. The van der Waals surface area contributed by atoms with E-state index in [0.29, 0.717) is 6.42 Å². The number of rotatable bonds is 5. The van der Waals surface area contributed by atoms with Crippen molar-refractivity contribution in [1.82, 2.24) is 0 Å². The maximum absolute atomic E-state index is 12.8. The van der Waals surface area contributed by atoms with Crippen molar-refractivity contribution in [3.63, 3.8) is 0 Å². The smallest absolute Gasteiger partial charge is 0.404 e. The molecule has 0 aliphatic rings. The Balaban J connectivity index is 2.88. The second-order valence-electron chi connectivity index (χ2n) is 3.59. The summed E-state index contributed by atoms with van der Waals surface area (Å²) >= 11 is 0. The van der Waals surface area contributed by atoms with Crippen LogP contribution < -0.4 is 5.73 Å². The van der Waals surface area contributed by atoms with Crippen molar-refractivity contribution in [3.8, 4) is 0 Å². The summed E-state index contributed by atoms with van der Waals surface area (Å²) in [5.41, 5.74) is 5.72. The fraction of sp³-hybridized carbons (Fsp3) is 0.417. The van der Waals surface area contributed by atoms with Gasteiger partial charge in [0.2, 0.25) is 0 Å². The van der Waals surface area contributed by atoms with Gasteiger partial charge in [-0.15, -0.1) is 0 Å². The summed E-state index contributed by atoms with van der Waals surface area (Å²) in [6, 6.07) is 5.85. The molecule has 0 fully saturated rings. The largest absolute Gasteiger partial charge is 0.443 e. The molecule has 1 amide bonds. The molecule has 17 heavy (non-hydrogen) atoms. The van der Waals surface area contributed by atoms with E-state index in [0.717, 1.165) is 5.56 Å². The minimum Gasteiger partial charge on any atom is -0.443 e. The number of hydrogen-bond donors (Lipinski definition) is 1. The number of carbonyl (C=O) groups excluding carboxylic acids is 1. The van der Waals surface area contributed by atoms with Crippen LogP contribution in [0.2, 0.25) is 0 Å².